The molecule has 17 heavy (non-hydrogen) atoms. The fourth-order valence-corrected chi connectivity index (χ4v) is 2.36. The minimum absolute atomic E-state index is 0. The molecule has 0 bridgehead atoms. The van der Waals surface area contributed by atoms with Gasteiger partial charge in [0.15, 0.2) is 0 Å². The number of amides is 1. The van der Waals surface area contributed by atoms with Crippen molar-refractivity contribution in [3.05, 3.63) is 0 Å². The van der Waals surface area contributed by atoms with Crippen LogP contribution in [-0.4, -0.2) is 19.0 Å². The van der Waals surface area contributed by atoms with Gasteiger partial charge in [-0.15, -0.1) is 12.4 Å². The summed E-state index contributed by atoms with van der Waals surface area (Å²) in [7, 11) is 0. The highest BCUT2D eigenvalue weighted by molar-refractivity contribution is 5.85. The largest absolute Gasteiger partial charge is 0.356 e. The van der Waals surface area contributed by atoms with Crippen molar-refractivity contribution in [2.45, 2.75) is 46.5 Å². The molecule has 0 unspecified atom stereocenters. The van der Waals surface area contributed by atoms with Crippen LogP contribution in [0.1, 0.15) is 46.5 Å². The van der Waals surface area contributed by atoms with Crippen LogP contribution < -0.4 is 11.1 Å². The zero-order valence-corrected chi connectivity index (χ0v) is 12.1. The Morgan fingerprint density at radius 3 is 2.53 bits per heavy atom. The molecule has 0 saturated heterocycles. The van der Waals surface area contributed by atoms with Gasteiger partial charge >= 0.3 is 0 Å². The molecule has 4 heteroatoms. The van der Waals surface area contributed by atoms with Crippen LogP contribution in [0.2, 0.25) is 0 Å². The van der Waals surface area contributed by atoms with Crippen molar-refractivity contribution < 1.29 is 4.79 Å². The number of carbonyl (C=O) groups excluding carboxylic acids is 1. The molecule has 0 spiro atoms. The first-order chi connectivity index (χ1) is 7.44. The molecule has 1 aliphatic carbocycles. The molecular weight excluding hydrogens is 236 g/mol. The van der Waals surface area contributed by atoms with Crippen LogP contribution in [0.4, 0.5) is 0 Å². The van der Waals surface area contributed by atoms with Gasteiger partial charge in [-0.25, -0.2) is 0 Å². The summed E-state index contributed by atoms with van der Waals surface area (Å²) in [5.41, 5.74) is 5.97. The standard InChI is InChI=1S/C13H26N2O.ClH/c1-13(2,3)7-8-15-12(16)11-6-4-5-10(11)9-14;/h10-11H,4-9,14H2,1-3H3,(H,15,16);1H/t10-,11-;/m1./s1. The molecule has 0 aromatic rings. The van der Waals surface area contributed by atoms with Crippen LogP contribution in [-0.2, 0) is 4.79 Å². The highest BCUT2D eigenvalue weighted by Crippen LogP contribution is 2.31. The normalized spacial score (nSPS) is 24.2. The lowest BCUT2D eigenvalue weighted by atomic mass is 9.91. The molecule has 102 valence electrons. The number of nitrogens with two attached hydrogens (primary N) is 1. The number of halogens is 1. The van der Waals surface area contributed by atoms with Crippen molar-refractivity contribution in [1.29, 1.82) is 0 Å². The highest BCUT2D eigenvalue weighted by Gasteiger charge is 2.31. The zero-order valence-electron chi connectivity index (χ0n) is 11.3. The quantitative estimate of drug-likeness (QED) is 0.817. The molecule has 1 aliphatic rings. The van der Waals surface area contributed by atoms with Gasteiger partial charge < -0.3 is 11.1 Å². The summed E-state index contributed by atoms with van der Waals surface area (Å²) >= 11 is 0. The van der Waals surface area contributed by atoms with E-state index in [1.54, 1.807) is 0 Å². The van der Waals surface area contributed by atoms with Gasteiger partial charge in [0.05, 0.1) is 0 Å². The third kappa shape index (κ3) is 5.73. The van der Waals surface area contributed by atoms with Crippen molar-refractivity contribution in [3.8, 4) is 0 Å². The van der Waals surface area contributed by atoms with Gasteiger partial charge in [-0.1, -0.05) is 27.2 Å². The Morgan fingerprint density at radius 2 is 2.00 bits per heavy atom. The molecular formula is C13H27ClN2O. The van der Waals surface area contributed by atoms with Crippen LogP contribution >= 0.6 is 12.4 Å². The number of nitrogens with one attached hydrogen (secondary N) is 1. The molecule has 0 aromatic heterocycles. The Labute approximate surface area is 111 Å². The predicted octanol–water partition coefficient (Wildman–Crippen LogP) is 2.34. The average Bonchev–Trinajstić information content (AvgIpc) is 2.63. The number of carbonyl (C=O) groups is 1. The smallest absolute Gasteiger partial charge is 0.223 e. The molecule has 0 aromatic carbocycles. The number of rotatable bonds is 4. The average molecular weight is 263 g/mol. The predicted molar refractivity (Wildman–Crippen MR) is 74.2 cm³/mol. The lowest BCUT2D eigenvalue weighted by molar-refractivity contribution is -0.126. The van der Waals surface area contributed by atoms with Gasteiger partial charge in [0, 0.05) is 12.5 Å². The van der Waals surface area contributed by atoms with E-state index >= 15 is 0 Å². The van der Waals surface area contributed by atoms with Crippen molar-refractivity contribution >= 4 is 18.3 Å². The third-order valence-electron chi connectivity index (χ3n) is 3.47. The molecule has 1 rings (SSSR count). The van der Waals surface area contributed by atoms with E-state index in [0.29, 0.717) is 12.5 Å². The molecule has 3 N–H and O–H groups in total. The monoisotopic (exact) mass is 262 g/mol. The minimum atomic E-state index is 0. The molecule has 1 saturated carbocycles. The topological polar surface area (TPSA) is 55.1 Å². The maximum atomic E-state index is 11.9. The second-order valence-electron chi connectivity index (χ2n) is 6.13. The first-order valence-electron chi connectivity index (χ1n) is 6.42. The second kappa shape index (κ2) is 7.22. The Balaban J connectivity index is 0.00000256. The number of hydrogen-bond donors (Lipinski definition) is 2. The van der Waals surface area contributed by atoms with E-state index in [-0.39, 0.29) is 29.6 Å². The van der Waals surface area contributed by atoms with Gasteiger partial charge in [-0.2, -0.15) is 0 Å². The van der Waals surface area contributed by atoms with E-state index in [1.165, 1.54) is 0 Å². The van der Waals surface area contributed by atoms with E-state index in [2.05, 4.69) is 26.1 Å². The Morgan fingerprint density at radius 1 is 1.35 bits per heavy atom. The van der Waals surface area contributed by atoms with E-state index in [1.807, 2.05) is 0 Å². The fourth-order valence-electron chi connectivity index (χ4n) is 2.36. The number of hydrogen-bond acceptors (Lipinski definition) is 2. The van der Waals surface area contributed by atoms with Gasteiger partial charge in [-0.3, -0.25) is 4.79 Å². The molecule has 1 fully saturated rings. The van der Waals surface area contributed by atoms with Gasteiger partial charge in [0.2, 0.25) is 5.91 Å². The van der Waals surface area contributed by atoms with Crippen LogP contribution in [0.3, 0.4) is 0 Å². The van der Waals surface area contributed by atoms with Crippen LogP contribution in [0.5, 0.6) is 0 Å². The molecule has 3 nitrogen and oxygen atoms in total. The van der Waals surface area contributed by atoms with Crippen molar-refractivity contribution in [2.24, 2.45) is 23.0 Å². The first-order valence-corrected chi connectivity index (χ1v) is 6.42. The molecule has 0 aliphatic heterocycles. The summed E-state index contributed by atoms with van der Waals surface area (Å²) in [6.45, 7) is 8.01. The van der Waals surface area contributed by atoms with Crippen molar-refractivity contribution in [2.75, 3.05) is 13.1 Å². The van der Waals surface area contributed by atoms with E-state index < -0.39 is 0 Å². The summed E-state index contributed by atoms with van der Waals surface area (Å²) in [6.07, 6.45) is 4.31. The SMILES string of the molecule is CC(C)(C)CCNC(=O)[C@@H]1CCC[C@@H]1CN.Cl. The Hall–Kier alpha value is -0.280. The first kappa shape index (κ1) is 16.7. The van der Waals surface area contributed by atoms with Crippen molar-refractivity contribution in [3.63, 3.8) is 0 Å². The molecule has 0 heterocycles. The van der Waals surface area contributed by atoms with Gasteiger partial charge in [0.1, 0.15) is 0 Å². The van der Waals surface area contributed by atoms with Gasteiger partial charge in [0.25, 0.3) is 0 Å². The lowest BCUT2D eigenvalue weighted by Crippen LogP contribution is -2.36. The Bertz CT molecular complexity index is 238. The maximum Gasteiger partial charge on any atom is 0.223 e. The third-order valence-corrected chi connectivity index (χ3v) is 3.47. The summed E-state index contributed by atoms with van der Waals surface area (Å²) in [5, 5.41) is 3.05. The second-order valence-corrected chi connectivity index (χ2v) is 6.13. The molecule has 2 atom stereocenters. The Kier molecular flexibility index (Phi) is 7.10. The van der Waals surface area contributed by atoms with Crippen LogP contribution in [0.25, 0.3) is 0 Å². The highest BCUT2D eigenvalue weighted by atomic mass is 35.5. The van der Waals surface area contributed by atoms with Crippen molar-refractivity contribution in [1.82, 2.24) is 5.32 Å². The van der Waals surface area contributed by atoms with E-state index in [4.69, 9.17) is 5.73 Å². The summed E-state index contributed by atoms with van der Waals surface area (Å²) < 4.78 is 0. The lowest BCUT2D eigenvalue weighted by Gasteiger charge is -2.21. The maximum absolute atomic E-state index is 11.9. The summed E-state index contributed by atoms with van der Waals surface area (Å²) in [6, 6.07) is 0. The van der Waals surface area contributed by atoms with Crippen LogP contribution in [0, 0.1) is 17.3 Å². The summed E-state index contributed by atoms with van der Waals surface area (Å²) in [4.78, 5) is 11.9. The molecule has 1 amide bonds. The van der Waals surface area contributed by atoms with Gasteiger partial charge in [-0.05, 0) is 37.1 Å². The summed E-state index contributed by atoms with van der Waals surface area (Å²) in [5.74, 6) is 0.803. The fraction of sp³-hybridized carbons (Fsp3) is 0.923. The minimum Gasteiger partial charge on any atom is -0.356 e. The zero-order chi connectivity index (χ0) is 12.2. The van der Waals surface area contributed by atoms with E-state index in [9.17, 15) is 4.79 Å². The molecule has 0 radical (unpaired) electrons. The van der Waals surface area contributed by atoms with E-state index in [0.717, 1.165) is 32.2 Å². The van der Waals surface area contributed by atoms with Crippen LogP contribution in [0.15, 0.2) is 0 Å².